The van der Waals surface area contributed by atoms with E-state index in [1.165, 1.54) is 22.6 Å². The molecule has 162 valence electrons. The van der Waals surface area contributed by atoms with Crippen LogP contribution in [0.5, 0.6) is 0 Å². The fourth-order valence-electron chi connectivity index (χ4n) is 4.98. The lowest BCUT2D eigenvalue weighted by Gasteiger charge is -2.25. The lowest BCUT2D eigenvalue weighted by molar-refractivity contribution is -0.146. The Morgan fingerprint density at radius 1 is 0.933 bits per heavy atom. The zero-order valence-corrected chi connectivity index (χ0v) is 18.1. The van der Waals surface area contributed by atoms with Gasteiger partial charge in [-0.15, -0.1) is 11.3 Å². The molecular weight excluding hydrogens is 400 g/mol. The molecule has 4 rings (SSSR count). The van der Waals surface area contributed by atoms with E-state index in [-0.39, 0.29) is 17.9 Å². The van der Waals surface area contributed by atoms with Gasteiger partial charge in [-0.1, -0.05) is 31.4 Å². The first-order valence-corrected chi connectivity index (χ1v) is 12.0. The summed E-state index contributed by atoms with van der Waals surface area (Å²) in [6.07, 6.45) is 13.9. The minimum absolute atomic E-state index is 0.0880. The number of nitrogens with one attached hydrogen (secondary N) is 2. The monoisotopic (exact) mass is 430 g/mol. The summed E-state index contributed by atoms with van der Waals surface area (Å²) in [5.41, 5.74) is 1.69. The molecule has 0 radical (unpaired) electrons. The number of hydrogen-bond donors (Lipinski definition) is 3. The lowest BCUT2D eigenvalue weighted by atomic mass is 9.82. The van der Waals surface area contributed by atoms with Crippen LogP contribution in [0, 0.1) is 11.8 Å². The van der Waals surface area contributed by atoms with E-state index in [4.69, 9.17) is 0 Å². The minimum Gasteiger partial charge on any atom is -0.481 e. The topological polar surface area (TPSA) is 95.5 Å². The highest BCUT2D eigenvalue weighted by Crippen LogP contribution is 2.39. The first-order valence-electron chi connectivity index (χ1n) is 11.2. The van der Waals surface area contributed by atoms with Crippen molar-refractivity contribution in [2.24, 2.45) is 11.8 Å². The first-order chi connectivity index (χ1) is 14.5. The number of carbonyl (C=O) groups is 3. The van der Waals surface area contributed by atoms with Crippen LogP contribution in [0.3, 0.4) is 0 Å². The summed E-state index contributed by atoms with van der Waals surface area (Å²) in [6.45, 7) is 0. The molecule has 1 aromatic heterocycles. The standard InChI is InChI=1S/C23H30N2O4S/c26-20(15-10-4-5-11-16(15)23(28)29)25-22-19(17-12-6-7-13-18(17)30-22)21(27)24-14-8-2-1-3-9-14/h4-5,14-16H,1-3,6-13H2,(H,24,27)(H,25,26)(H,28,29). The van der Waals surface area contributed by atoms with Gasteiger partial charge in [0, 0.05) is 10.9 Å². The third-order valence-corrected chi connectivity index (χ3v) is 7.87. The van der Waals surface area contributed by atoms with Gasteiger partial charge in [-0.3, -0.25) is 14.4 Å². The molecule has 1 aromatic rings. The van der Waals surface area contributed by atoms with Crippen LogP contribution in [-0.4, -0.2) is 28.9 Å². The minimum atomic E-state index is -0.944. The van der Waals surface area contributed by atoms with E-state index < -0.39 is 17.8 Å². The number of fused-ring (bicyclic) bond motifs is 1. The summed E-state index contributed by atoms with van der Waals surface area (Å²) in [7, 11) is 0. The smallest absolute Gasteiger partial charge is 0.307 e. The fraction of sp³-hybridized carbons (Fsp3) is 0.609. The second-order valence-electron chi connectivity index (χ2n) is 8.71. The number of carboxylic acid groups (broad SMARTS) is 1. The summed E-state index contributed by atoms with van der Waals surface area (Å²) < 4.78 is 0. The van der Waals surface area contributed by atoms with Crippen LogP contribution in [0.1, 0.15) is 78.6 Å². The van der Waals surface area contributed by atoms with Crippen molar-refractivity contribution in [2.45, 2.75) is 76.7 Å². The van der Waals surface area contributed by atoms with Crippen molar-refractivity contribution in [3.8, 4) is 0 Å². The second-order valence-corrected chi connectivity index (χ2v) is 9.81. The Bertz CT molecular complexity index is 854. The first kappa shape index (κ1) is 21.1. The molecule has 0 spiro atoms. The Balaban J connectivity index is 1.57. The molecule has 1 saturated carbocycles. The Kier molecular flexibility index (Phi) is 6.56. The van der Waals surface area contributed by atoms with Crippen molar-refractivity contribution in [3.63, 3.8) is 0 Å². The summed E-state index contributed by atoms with van der Waals surface area (Å²) in [6, 6.07) is 0.203. The third-order valence-electron chi connectivity index (χ3n) is 6.66. The number of anilines is 1. The van der Waals surface area contributed by atoms with Crippen LogP contribution in [0.15, 0.2) is 12.2 Å². The average Bonchev–Trinajstić information content (AvgIpc) is 3.12. The van der Waals surface area contributed by atoms with E-state index in [9.17, 15) is 19.5 Å². The molecule has 0 bridgehead atoms. The maximum absolute atomic E-state index is 13.2. The van der Waals surface area contributed by atoms with Crippen LogP contribution in [0.4, 0.5) is 5.00 Å². The van der Waals surface area contributed by atoms with Gasteiger partial charge in [-0.2, -0.15) is 0 Å². The van der Waals surface area contributed by atoms with Crippen LogP contribution in [-0.2, 0) is 22.4 Å². The molecule has 7 heteroatoms. The zero-order chi connectivity index (χ0) is 21.1. The van der Waals surface area contributed by atoms with Crippen LogP contribution >= 0.6 is 11.3 Å². The maximum atomic E-state index is 13.2. The van der Waals surface area contributed by atoms with Gasteiger partial charge in [-0.25, -0.2) is 0 Å². The number of hydrogen-bond acceptors (Lipinski definition) is 4. The molecule has 2 unspecified atom stereocenters. The number of thiophene rings is 1. The largest absolute Gasteiger partial charge is 0.481 e. The second kappa shape index (κ2) is 9.33. The van der Waals surface area contributed by atoms with Gasteiger partial charge in [0.05, 0.1) is 17.4 Å². The molecule has 3 aliphatic carbocycles. The Morgan fingerprint density at radius 3 is 2.37 bits per heavy atom. The molecular formula is C23H30N2O4S. The van der Waals surface area contributed by atoms with Crippen molar-refractivity contribution >= 4 is 34.1 Å². The summed E-state index contributed by atoms with van der Waals surface area (Å²) in [5, 5.41) is 16.3. The molecule has 3 N–H and O–H groups in total. The molecule has 6 nitrogen and oxygen atoms in total. The van der Waals surface area contributed by atoms with Gasteiger partial charge in [-0.05, 0) is 56.9 Å². The molecule has 2 atom stereocenters. The Hall–Kier alpha value is -2.15. The van der Waals surface area contributed by atoms with Crippen molar-refractivity contribution in [3.05, 3.63) is 28.2 Å². The predicted molar refractivity (Wildman–Crippen MR) is 117 cm³/mol. The highest BCUT2D eigenvalue weighted by atomic mass is 32.1. The van der Waals surface area contributed by atoms with E-state index in [2.05, 4.69) is 10.6 Å². The maximum Gasteiger partial charge on any atom is 0.307 e. The van der Waals surface area contributed by atoms with Crippen LogP contribution < -0.4 is 10.6 Å². The zero-order valence-electron chi connectivity index (χ0n) is 17.2. The van der Waals surface area contributed by atoms with Gasteiger partial charge < -0.3 is 15.7 Å². The Labute approximate surface area is 181 Å². The summed E-state index contributed by atoms with van der Waals surface area (Å²) >= 11 is 1.50. The van der Waals surface area contributed by atoms with Gasteiger partial charge in [0.15, 0.2) is 0 Å². The molecule has 1 fully saturated rings. The van der Waals surface area contributed by atoms with E-state index in [0.29, 0.717) is 23.4 Å². The molecule has 1 heterocycles. The molecule has 0 aliphatic heterocycles. The quantitative estimate of drug-likeness (QED) is 0.607. The van der Waals surface area contributed by atoms with Crippen LogP contribution in [0.2, 0.25) is 0 Å². The lowest BCUT2D eigenvalue weighted by Crippen LogP contribution is -2.37. The molecule has 0 saturated heterocycles. The molecule has 30 heavy (non-hydrogen) atoms. The van der Waals surface area contributed by atoms with Crippen LogP contribution in [0.25, 0.3) is 0 Å². The highest BCUT2D eigenvalue weighted by molar-refractivity contribution is 7.17. The fourth-order valence-corrected chi connectivity index (χ4v) is 6.27. The van der Waals surface area contributed by atoms with E-state index in [0.717, 1.165) is 56.9 Å². The normalized spacial score (nSPS) is 24.1. The predicted octanol–water partition coefficient (Wildman–Crippen LogP) is 4.29. The molecule has 0 aromatic carbocycles. The SMILES string of the molecule is O=C(NC1CCCCC1)c1c(NC(=O)C2CC=CCC2C(=O)O)sc2c1CCCC2. The van der Waals surface area contributed by atoms with Crippen molar-refractivity contribution in [1.82, 2.24) is 5.32 Å². The molecule has 3 aliphatic rings. The average molecular weight is 431 g/mol. The number of allylic oxidation sites excluding steroid dienone is 2. The summed E-state index contributed by atoms with van der Waals surface area (Å²) in [5.74, 6) is -2.66. The Morgan fingerprint density at radius 2 is 1.63 bits per heavy atom. The summed E-state index contributed by atoms with van der Waals surface area (Å²) in [4.78, 5) is 39.0. The van der Waals surface area contributed by atoms with Crippen molar-refractivity contribution in [1.29, 1.82) is 0 Å². The number of aryl methyl sites for hydroxylation is 1. The van der Waals surface area contributed by atoms with Gasteiger partial charge in [0.2, 0.25) is 5.91 Å². The van der Waals surface area contributed by atoms with Crippen molar-refractivity contribution in [2.75, 3.05) is 5.32 Å². The number of rotatable bonds is 5. The number of carboxylic acids is 1. The van der Waals surface area contributed by atoms with E-state index in [1.807, 2.05) is 12.2 Å². The molecule has 2 amide bonds. The third kappa shape index (κ3) is 4.46. The van der Waals surface area contributed by atoms with E-state index in [1.54, 1.807) is 0 Å². The van der Waals surface area contributed by atoms with Crippen molar-refractivity contribution < 1.29 is 19.5 Å². The van der Waals surface area contributed by atoms with E-state index >= 15 is 0 Å². The van der Waals surface area contributed by atoms with Gasteiger partial charge >= 0.3 is 5.97 Å². The number of carbonyl (C=O) groups excluding carboxylic acids is 2. The highest BCUT2D eigenvalue weighted by Gasteiger charge is 2.35. The number of amides is 2. The van der Waals surface area contributed by atoms with Gasteiger partial charge in [0.25, 0.3) is 5.91 Å². The van der Waals surface area contributed by atoms with Gasteiger partial charge in [0.1, 0.15) is 5.00 Å². The number of aliphatic carboxylic acids is 1.